The molecule has 0 aliphatic carbocycles. The Morgan fingerprint density at radius 2 is 2.04 bits per heavy atom. The highest BCUT2D eigenvalue weighted by Gasteiger charge is 2.48. The molecule has 0 unspecified atom stereocenters. The number of carbonyl (C=O) groups is 1. The van der Waals surface area contributed by atoms with Gasteiger partial charge < -0.3 is 15.1 Å². The van der Waals surface area contributed by atoms with Crippen LogP contribution >= 0.6 is 22.9 Å². The summed E-state index contributed by atoms with van der Waals surface area (Å²) in [4.78, 5) is 17.3. The number of hydrogen-bond donors (Lipinski definition) is 1. The van der Waals surface area contributed by atoms with Gasteiger partial charge in [-0.15, -0.1) is 11.3 Å². The number of amides is 1. The largest absolute Gasteiger partial charge is 0.410 e. The van der Waals surface area contributed by atoms with Gasteiger partial charge in [0.1, 0.15) is 10.8 Å². The number of piperazine rings is 1. The molecule has 4 rings (SSSR count). The summed E-state index contributed by atoms with van der Waals surface area (Å²) in [5, 5.41) is 8.82. The summed E-state index contributed by atoms with van der Waals surface area (Å²) in [5.41, 5.74) is -0.130. The number of aromatic nitrogens is 2. The molecule has 0 saturated carbocycles. The third-order valence-corrected chi connectivity index (χ3v) is 6.52. The fourth-order valence-corrected chi connectivity index (χ4v) is 4.61. The van der Waals surface area contributed by atoms with E-state index >= 15 is 0 Å². The molecule has 0 aromatic carbocycles. The van der Waals surface area contributed by atoms with Crippen molar-refractivity contribution in [1.29, 1.82) is 0 Å². The van der Waals surface area contributed by atoms with Crippen molar-refractivity contribution in [2.75, 3.05) is 38.5 Å². The number of nitrogens with zero attached hydrogens (tertiary/aromatic N) is 4. The Morgan fingerprint density at radius 1 is 1.32 bits per heavy atom. The smallest absolute Gasteiger partial charge is 0.361 e. The van der Waals surface area contributed by atoms with Crippen molar-refractivity contribution in [3.63, 3.8) is 0 Å². The Morgan fingerprint density at radius 3 is 2.64 bits per heavy atom. The number of anilines is 1. The van der Waals surface area contributed by atoms with Crippen LogP contribution in [0.2, 0.25) is 5.02 Å². The van der Waals surface area contributed by atoms with Crippen LogP contribution in [0, 0.1) is 0 Å². The lowest BCUT2D eigenvalue weighted by molar-refractivity contribution is -0.173. The molecule has 0 spiro atoms. The predicted octanol–water partition coefficient (Wildman–Crippen LogP) is 3.65. The minimum atomic E-state index is -4.50. The zero-order valence-corrected chi connectivity index (χ0v) is 16.6. The number of carbonyl (C=O) groups excluding carboxylic acids is 1. The standard InChI is InChI=1S/C17H19ClF3N5OS/c1-24-4-6-25(7-5-24)16(27)14-13(18)15-22-10(11-3-2-8-28-11)9-12(17(19,20)21)26(15)23-14/h2-3,8,10,12,22H,4-7,9H2,1H3/t10-,12+/m1/s1. The molecule has 2 aromatic heterocycles. The topological polar surface area (TPSA) is 53.4 Å². The minimum Gasteiger partial charge on any atom is -0.361 e. The number of nitrogens with one attached hydrogen (secondary N) is 1. The molecular formula is C17H19ClF3N5OS. The highest BCUT2D eigenvalue weighted by molar-refractivity contribution is 7.10. The molecule has 2 aliphatic heterocycles. The quantitative estimate of drug-likeness (QED) is 0.785. The van der Waals surface area contributed by atoms with Crippen LogP contribution in [0.1, 0.15) is 33.9 Å². The van der Waals surface area contributed by atoms with Crippen LogP contribution in [0.25, 0.3) is 0 Å². The van der Waals surface area contributed by atoms with Crippen LogP contribution in [0.5, 0.6) is 0 Å². The zero-order chi connectivity index (χ0) is 20.1. The molecule has 152 valence electrons. The summed E-state index contributed by atoms with van der Waals surface area (Å²) in [5.74, 6) is -0.387. The fourth-order valence-electron chi connectivity index (χ4n) is 3.56. The second kappa shape index (κ2) is 7.23. The van der Waals surface area contributed by atoms with Gasteiger partial charge in [0.05, 0.1) is 6.04 Å². The van der Waals surface area contributed by atoms with Crippen LogP contribution in [0.3, 0.4) is 0 Å². The van der Waals surface area contributed by atoms with Crippen molar-refractivity contribution in [2.45, 2.75) is 24.7 Å². The highest BCUT2D eigenvalue weighted by Crippen LogP contribution is 2.46. The third-order valence-electron chi connectivity index (χ3n) is 5.18. The van der Waals surface area contributed by atoms with Gasteiger partial charge in [-0.05, 0) is 18.5 Å². The first-order valence-electron chi connectivity index (χ1n) is 8.88. The van der Waals surface area contributed by atoms with E-state index in [0.717, 1.165) is 9.56 Å². The molecule has 4 heterocycles. The normalized spacial score (nSPS) is 23.4. The SMILES string of the molecule is CN1CCN(C(=O)c2nn3c(c2Cl)N[C@@H](c2cccs2)C[C@H]3C(F)(F)F)CC1. The molecule has 6 nitrogen and oxygen atoms in total. The van der Waals surface area contributed by atoms with Gasteiger partial charge in [0.15, 0.2) is 11.7 Å². The maximum atomic E-state index is 13.7. The van der Waals surface area contributed by atoms with Crippen LogP contribution in [-0.2, 0) is 0 Å². The Kier molecular flexibility index (Phi) is 5.05. The molecule has 0 radical (unpaired) electrons. The molecule has 1 amide bonds. The van der Waals surface area contributed by atoms with E-state index in [-0.39, 0.29) is 23.0 Å². The molecule has 1 saturated heterocycles. The molecule has 2 aliphatic rings. The predicted molar refractivity (Wildman–Crippen MR) is 101 cm³/mol. The van der Waals surface area contributed by atoms with Gasteiger partial charge in [-0.1, -0.05) is 17.7 Å². The van der Waals surface area contributed by atoms with Crippen LogP contribution in [0.15, 0.2) is 17.5 Å². The highest BCUT2D eigenvalue weighted by atomic mass is 35.5. The molecule has 1 N–H and O–H groups in total. The van der Waals surface area contributed by atoms with Crippen molar-refractivity contribution in [1.82, 2.24) is 19.6 Å². The summed E-state index contributed by atoms with van der Waals surface area (Å²) in [6, 6.07) is 1.19. The monoisotopic (exact) mass is 433 g/mol. The van der Waals surface area contributed by atoms with E-state index in [1.807, 2.05) is 12.4 Å². The summed E-state index contributed by atoms with van der Waals surface area (Å²) in [6.07, 6.45) is -4.72. The Bertz CT molecular complexity index is 861. The fraction of sp³-hybridized carbons (Fsp3) is 0.529. The van der Waals surface area contributed by atoms with E-state index < -0.39 is 24.2 Å². The van der Waals surface area contributed by atoms with E-state index in [4.69, 9.17) is 11.6 Å². The first kappa shape index (κ1) is 19.5. The molecule has 28 heavy (non-hydrogen) atoms. The number of thiophene rings is 1. The van der Waals surface area contributed by atoms with Gasteiger partial charge >= 0.3 is 6.18 Å². The number of halogens is 4. The third kappa shape index (κ3) is 3.48. The van der Waals surface area contributed by atoms with Gasteiger partial charge in [-0.2, -0.15) is 18.3 Å². The van der Waals surface area contributed by atoms with Gasteiger partial charge in [0.2, 0.25) is 0 Å². The van der Waals surface area contributed by atoms with Crippen molar-refractivity contribution in [3.8, 4) is 0 Å². The summed E-state index contributed by atoms with van der Waals surface area (Å²) in [6.45, 7) is 2.37. The molecule has 1 fully saturated rings. The molecular weight excluding hydrogens is 415 g/mol. The molecule has 2 aromatic rings. The van der Waals surface area contributed by atoms with Gasteiger partial charge in [-0.25, -0.2) is 4.68 Å². The number of likely N-dealkylation sites (N-methyl/N-ethyl adjacent to an activating group) is 1. The lowest BCUT2D eigenvalue weighted by Gasteiger charge is -2.33. The summed E-state index contributed by atoms with van der Waals surface area (Å²) >= 11 is 7.74. The van der Waals surface area contributed by atoms with Crippen molar-refractivity contribution in [2.24, 2.45) is 0 Å². The number of rotatable bonds is 2. The van der Waals surface area contributed by atoms with Crippen molar-refractivity contribution >= 4 is 34.7 Å². The number of hydrogen-bond acceptors (Lipinski definition) is 5. The van der Waals surface area contributed by atoms with Gasteiger partial charge in [0.25, 0.3) is 5.91 Å². The number of fused-ring (bicyclic) bond motifs is 1. The van der Waals surface area contributed by atoms with Crippen LogP contribution < -0.4 is 5.32 Å². The van der Waals surface area contributed by atoms with Gasteiger partial charge in [-0.3, -0.25) is 4.79 Å². The van der Waals surface area contributed by atoms with E-state index in [9.17, 15) is 18.0 Å². The van der Waals surface area contributed by atoms with E-state index in [1.54, 1.807) is 17.0 Å². The number of alkyl halides is 3. The second-order valence-corrected chi connectivity index (χ2v) is 8.41. The Labute approximate surface area is 168 Å². The average molecular weight is 434 g/mol. The Hall–Kier alpha value is -1.78. The Balaban J connectivity index is 1.69. The lowest BCUT2D eigenvalue weighted by atomic mass is 10.0. The molecule has 11 heteroatoms. The summed E-state index contributed by atoms with van der Waals surface area (Å²) in [7, 11) is 1.95. The second-order valence-electron chi connectivity index (χ2n) is 7.06. The molecule has 0 bridgehead atoms. The molecule has 2 atom stereocenters. The van der Waals surface area contributed by atoms with Crippen LogP contribution in [0.4, 0.5) is 19.0 Å². The van der Waals surface area contributed by atoms with Crippen LogP contribution in [-0.4, -0.2) is 64.9 Å². The summed E-state index contributed by atoms with van der Waals surface area (Å²) < 4.78 is 42.1. The maximum Gasteiger partial charge on any atom is 0.410 e. The van der Waals surface area contributed by atoms with Crippen molar-refractivity contribution < 1.29 is 18.0 Å². The van der Waals surface area contributed by atoms with Gasteiger partial charge in [0, 0.05) is 37.5 Å². The first-order chi connectivity index (χ1) is 13.3. The lowest BCUT2D eigenvalue weighted by Crippen LogP contribution is -2.47. The van der Waals surface area contributed by atoms with E-state index in [1.165, 1.54) is 11.3 Å². The van der Waals surface area contributed by atoms with E-state index in [0.29, 0.717) is 26.2 Å². The first-order valence-corrected chi connectivity index (χ1v) is 10.1. The maximum absolute atomic E-state index is 13.7. The minimum absolute atomic E-state index is 0.0473. The zero-order valence-electron chi connectivity index (χ0n) is 15.0. The average Bonchev–Trinajstić information content (AvgIpc) is 3.29. The van der Waals surface area contributed by atoms with Crippen molar-refractivity contribution in [3.05, 3.63) is 33.1 Å². The van der Waals surface area contributed by atoms with E-state index in [2.05, 4.69) is 15.3 Å².